The summed E-state index contributed by atoms with van der Waals surface area (Å²) in [4.78, 5) is 22.0. The molecule has 1 rings (SSSR count). The number of ether oxygens (including phenoxy) is 1. The highest BCUT2D eigenvalue weighted by Crippen LogP contribution is 2.24. The summed E-state index contributed by atoms with van der Waals surface area (Å²) in [5, 5.41) is 10.6. The van der Waals surface area contributed by atoms with E-state index in [1.807, 2.05) is 6.92 Å². The number of nitrogens with zero attached hydrogens (tertiary/aromatic N) is 1. The van der Waals surface area contributed by atoms with Crippen molar-refractivity contribution in [2.75, 3.05) is 7.11 Å². The van der Waals surface area contributed by atoms with Gasteiger partial charge in [-0.15, -0.1) is 0 Å². The van der Waals surface area contributed by atoms with Crippen LogP contribution in [0.5, 0.6) is 0 Å². The van der Waals surface area contributed by atoms with Gasteiger partial charge in [0, 0.05) is 17.7 Å². The zero-order valence-corrected chi connectivity index (χ0v) is 12.0. The van der Waals surface area contributed by atoms with Crippen molar-refractivity contribution in [3.05, 3.63) is 45.5 Å². The molecular weight excluding hydrogens is 258 g/mol. The second-order valence-electron chi connectivity index (χ2n) is 4.50. The standard InChI is InChI=1S/C15H19NO4/c1-4-5-6-14(15(17)20-3)11(2)12-7-9-13(10-8-12)16(18)19/h7-10H,4-6H2,1-3H3/b14-11+. The minimum absolute atomic E-state index is 0.0368. The SMILES string of the molecule is CCCC/C(C(=O)OC)=C(/C)c1ccc([N+](=O)[O-])cc1. The van der Waals surface area contributed by atoms with E-state index in [1.54, 1.807) is 12.1 Å². The van der Waals surface area contributed by atoms with E-state index < -0.39 is 4.92 Å². The van der Waals surface area contributed by atoms with Crippen LogP contribution in [0.15, 0.2) is 29.8 Å². The first-order valence-electron chi connectivity index (χ1n) is 6.54. The number of carbonyl (C=O) groups is 1. The number of unbranched alkanes of at least 4 members (excludes halogenated alkanes) is 1. The third kappa shape index (κ3) is 3.91. The summed E-state index contributed by atoms with van der Waals surface area (Å²) < 4.78 is 4.81. The molecule has 0 saturated heterocycles. The number of nitro groups is 1. The summed E-state index contributed by atoms with van der Waals surface area (Å²) >= 11 is 0. The minimum atomic E-state index is -0.443. The Balaban J connectivity index is 3.12. The number of benzene rings is 1. The molecule has 0 N–H and O–H groups in total. The van der Waals surface area contributed by atoms with Gasteiger partial charge in [-0.3, -0.25) is 10.1 Å². The van der Waals surface area contributed by atoms with Gasteiger partial charge in [0.25, 0.3) is 5.69 Å². The molecule has 5 nitrogen and oxygen atoms in total. The molecule has 1 aromatic carbocycles. The number of hydrogen-bond donors (Lipinski definition) is 0. The van der Waals surface area contributed by atoms with Gasteiger partial charge in [0.1, 0.15) is 0 Å². The van der Waals surface area contributed by atoms with Gasteiger partial charge in [0.2, 0.25) is 0 Å². The Morgan fingerprint density at radius 2 is 1.90 bits per heavy atom. The lowest BCUT2D eigenvalue weighted by molar-refractivity contribution is -0.384. The van der Waals surface area contributed by atoms with Crippen molar-refractivity contribution in [1.29, 1.82) is 0 Å². The lowest BCUT2D eigenvalue weighted by Gasteiger charge is -2.10. The Labute approximate surface area is 118 Å². The number of allylic oxidation sites excluding steroid dienone is 1. The fourth-order valence-corrected chi connectivity index (χ4v) is 1.93. The quantitative estimate of drug-likeness (QED) is 0.344. The van der Waals surface area contributed by atoms with Gasteiger partial charge in [-0.1, -0.05) is 13.3 Å². The average Bonchev–Trinajstić information content (AvgIpc) is 2.47. The maximum absolute atomic E-state index is 11.8. The van der Waals surface area contributed by atoms with E-state index in [0.717, 1.165) is 24.0 Å². The molecule has 0 spiro atoms. The van der Waals surface area contributed by atoms with Crippen molar-refractivity contribution in [3.8, 4) is 0 Å². The first kappa shape index (κ1) is 15.9. The molecule has 0 radical (unpaired) electrons. The highest BCUT2D eigenvalue weighted by Gasteiger charge is 2.14. The fourth-order valence-electron chi connectivity index (χ4n) is 1.93. The van der Waals surface area contributed by atoms with Gasteiger partial charge in [0.05, 0.1) is 12.0 Å². The van der Waals surface area contributed by atoms with Crippen molar-refractivity contribution in [3.63, 3.8) is 0 Å². The molecule has 20 heavy (non-hydrogen) atoms. The molecule has 0 atom stereocenters. The molecule has 0 aromatic heterocycles. The summed E-state index contributed by atoms with van der Waals surface area (Å²) in [6, 6.07) is 6.19. The molecule has 0 aliphatic carbocycles. The van der Waals surface area contributed by atoms with Crippen LogP contribution in [-0.4, -0.2) is 18.0 Å². The third-order valence-corrected chi connectivity index (χ3v) is 3.18. The number of hydrogen-bond acceptors (Lipinski definition) is 4. The molecule has 0 bridgehead atoms. The van der Waals surface area contributed by atoms with E-state index >= 15 is 0 Å². The second-order valence-corrected chi connectivity index (χ2v) is 4.50. The van der Waals surface area contributed by atoms with Gasteiger partial charge >= 0.3 is 5.97 Å². The van der Waals surface area contributed by atoms with Crippen LogP contribution in [0.3, 0.4) is 0 Å². The van der Waals surface area contributed by atoms with Crippen LogP contribution >= 0.6 is 0 Å². The van der Waals surface area contributed by atoms with Gasteiger partial charge < -0.3 is 4.74 Å². The third-order valence-electron chi connectivity index (χ3n) is 3.18. The zero-order valence-electron chi connectivity index (χ0n) is 12.0. The van der Waals surface area contributed by atoms with Crippen molar-refractivity contribution in [1.82, 2.24) is 0 Å². The van der Waals surface area contributed by atoms with Crippen LogP contribution in [0.4, 0.5) is 5.69 Å². The van der Waals surface area contributed by atoms with E-state index in [2.05, 4.69) is 6.92 Å². The number of non-ortho nitro benzene ring substituents is 1. The Kier molecular flexibility index (Phi) is 5.90. The predicted molar refractivity (Wildman–Crippen MR) is 77.2 cm³/mol. The number of methoxy groups -OCH3 is 1. The molecule has 0 heterocycles. The normalized spacial score (nSPS) is 11.8. The highest BCUT2D eigenvalue weighted by molar-refractivity contribution is 5.97. The maximum Gasteiger partial charge on any atom is 0.334 e. The van der Waals surface area contributed by atoms with Crippen molar-refractivity contribution in [2.24, 2.45) is 0 Å². The topological polar surface area (TPSA) is 69.4 Å². The monoisotopic (exact) mass is 277 g/mol. The summed E-state index contributed by atoms with van der Waals surface area (Å²) in [6.07, 6.45) is 2.52. The molecule has 0 amide bonds. The Hall–Kier alpha value is -2.17. The van der Waals surface area contributed by atoms with Crippen molar-refractivity contribution < 1.29 is 14.5 Å². The molecule has 108 valence electrons. The summed E-state index contributed by atoms with van der Waals surface area (Å²) in [5.41, 5.74) is 2.27. The molecule has 5 heteroatoms. The average molecular weight is 277 g/mol. The van der Waals surface area contributed by atoms with E-state index in [9.17, 15) is 14.9 Å². The predicted octanol–water partition coefficient (Wildman–Crippen LogP) is 3.73. The zero-order chi connectivity index (χ0) is 15.1. The van der Waals surface area contributed by atoms with E-state index in [4.69, 9.17) is 4.74 Å². The van der Waals surface area contributed by atoms with Crippen LogP contribution in [-0.2, 0) is 9.53 Å². The number of carbonyl (C=O) groups excluding carboxylic acids is 1. The number of nitro benzene ring substituents is 1. The van der Waals surface area contributed by atoms with Gasteiger partial charge in [-0.2, -0.15) is 0 Å². The van der Waals surface area contributed by atoms with Crippen LogP contribution < -0.4 is 0 Å². The smallest absolute Gasteiger partial charge is 0.334 e. The number of rotatable bonds is 6. The molecule has 0 saturated carbocycles. The minimum Gasteiger partial charge on any atom is -0.466 e. The Morgan fingerprint density at radius 3 is 2.35 bits per heavy atom. The van der Waals surface area contributed by atoms with Crippen LogP contribution in [0.25, 0.3) is 5.57 Å². The Morgan fingerprint density at radius 1 is 1.30 bits per heavy atom. The lowest BCUT2D eigenvalue weighted by Crippen LogP contribution is -2.07. The molecule has 0 aliphatic rings. The first-order chi connectivity index (χ1) is 9.51. The maximum atomic E-state index is 11.8. The number of esters is 1. The summed E-state index contributed by atoms with van der Waals surface area (Å²) in [6.45, 7) is 3.89. The van der Waals surface area contributed by atoms with Crippen molar-refractivity contribution in [2.45, 2.75) is 33.1 Å². The van der Waals surface area contributed by atoms with E-state index in [1.165, 1.54) is 19.2 Å². The van der Waals surface area contributed by atoms with Gasteiger partial charge in [-0.05, 0) is 43.0 Å². The van der Waals surface area contributed by atoms with Crippen molar-refractivity contribution >= 4 is 17.2 Å². The fraction of sp³-hybridized carbons (Fsp3) is 0.400. The van der Waals surface area contributed by atoms with E-state index in [-0.39, 0.29) is 11.7 Å². The van der Waals surface area contributed by atoms with Crippen LogP contribution in [0.1, 0.15) is 38.7 Å². The molecule has 0 fully saturated rings. The van der Waals surface area contributed by atoms with Crippen LogP contribution in [0.2, 0.25) is 0 Å². The molecular formula is C15H19NO4. The second kappa shape index (κ2) is 7.43. The summed E-state index contributed by atoms with van der Waals surface area (Å²) in [7, 11) is 1.36. The molecule has 0 unspecified atom stereocenters. The first-order valence-corrected chi connectivity index (χ1v) is 6.54. The highest BCUT2D eigenvalue weighted by atomic mass is 16.6. The molecule has 1 aromatic rings. The summed E-state index contributed by atoms with van der Waals surface area (Å²) in [5.74, 6) is -0.339. The Bertz CT molecular complexity index is 517. The van der Waals surface area contributed by atoms with E-state index in [0.29, 0.717) is 12.0 Å². The largest absolute Gasteiger partial charge is 0.466 e. The van der Waals surface area contributed by atoms with Crippen LogP contribution in [0, 0.1) is 10.1 Å². The van der Waals surface area contributed by atoms with Gasteiger partial charge in [0.15, 0.2) is 0 Å². The lowest BCUT2D eigenvalue weighted by atomic mass is 9.97. The van der Waals surface area contributed by atoms with Gasteiger partial charge in [-0.25, -0.2) is 4.79 Å². The molecule has 0 aliphatic heterocycles.